The van der Waals surface area contributed by atoms with E-state index in [4.69, 9.17) is 0 Å². The molecule has 1 amide bonds. The van der Waals surface area contributed by atoms with Crippen molar-refractivity contribution in [2.45, 2.75) is 27.7 Å². The number of carbonyl (C=O) groups is 2. The first-order valence-corrected chi connectivity index (χ1v) is 9.50. The van der Waals surface area contributed by atoms with Crippen LogP contribution in [-0.2, 0) is 4.79 Å². The highest BCUT2D eigenvalue weighted by Crippen LogP contribution is 2.17. The second-order valence-corrected chi connectivity index (χ2v) is 5.81. The number of hydrogen-bond donors (Lipinski definition) is 1. The lowest BCUT2D eigenvalue weighted by Gasteiger charge is -2.05. The predicted molar refractivity (Wildman–Crippen MR) is 123 cm³/mol. The van der Waals surface area contributed by atoms with Crippen molar-refractivity contribution in [3.05, 3.63) is 83.8 Å². The molecule has 0 saturated carbocycles. The van der Waals surface area contributed by atoms with Gasteiger partial charge in [-0.3, -0.25) is 14.0 Å². The Kier molecular flexibility index (Phi) is 12.2. The van der Waals surface area contributed by atoms with E-state index in [9.17, 15) is 18.4 Å². The molecule has 32 heavy (non-hydrogen) atoms. The van der Waals surface area contributed by atoms with Crippen LogP contribution in [0.2, 0.25) is 0 Å². The van der Waals surface area contributed by atoms with Crippen LogP contribution in [0.15, 0.2) is 55.3 Å². The lowest BCUT2D eigenvalue weighted by molar-refractivity contribution is -0.113. The fourth-order valence-corrected chi connectivity index (χ4v) is 2.31. The van der Waals surface area contributed by atoms with E-state index >= 15 is 0 Å². The topological polar surface area (TPSA) is 90.3 Å². The molecule has 0 bridgehead atoms. The Labute approximate surface area is 186 Å². The molecule has 2 aromatic heterocycles. The monoisotopic (exact) mass is 440 g/mol. The number of terminal acetylenes is 1. The minimum atomic E-state index is -0.894. The zero-order valence-corrected chi connectivity index (χ0v) is 18.5. The molecular formula is C24H26F2N4O2. The molecule has 0 unspecified atom stereocenters. The molecule has 3 rings (SSSR count). The summed E-state index contributed by atoms with van der Waals surface area (Å²) >= 11 is 0. The maximum absolute atomic E-state index is 13.7. The zero-order chi connectivity index (χ0) is 24.8. The van der Waals surface area contributed by atoms with Crippen molar-refractivity contribution in [2.24, 2.45) is 5.73 Å². The quantitative estimate of drug-likeness (QED) is 0.365. The number of nitrogens with two attached hydrogens (primary N) is 1. The first-order chi connectivity index (χ1) is 15.2. The third-order valence-corrected chi connectivity index (χ3v) is 3.55. The first-order valence-electron chi connectivity index (χ1n) is 9.50. The predicted octanol–water partition coefficient (Wildman–Crippen LogP) is 4.60. The van der Waals surface area contributed by atoms with Gasteiger partial charge in [-0.2, -0.15) is 0 Å². The largest absolute Gasteiger partial charge is 0.366 e. The number of benzene rings is 1. The minimum Gasteiger partial charge on any atom is -0.366 e. The summed E-state index contributed by atoms with van der Waals surface area (Å²) < 4.78 is 28.3. The molecule has 0 saturated heterocycles. The van der Waals surface area contributed by atoms with Crippen molar-refractivity contribution in [1.29, 1.82) is 0 Å². The Morgan fingerprint density at radius 1 is 1.12 bits per heavy atom. The van der Waals surface area contributed by atoms with Crippen molar-refractivity contribution in [3.63, 3.8) is 0 Å². The number of ketones is 1. The van der Waals surface area contributed by atoms with E-state index in [0.29, 0.717) is 23.1 Å². The fraction of sp³-hybridized carbons (Fsp3) is 0.167. The summed E-state index contributed by atoms with van der Waals surface area (Å²) in [5.74, 6) is -2.04. The Morgan fingerprint density at radius 2 is 1.75 bits per heavy atom. The Balaban J connectivity index is 0.000000824. The molecule has 0 spiro atoms. The van der Waals surface area contributed by atoms with Crippen molar-refractivity contribution in [2.75, 3.05) is 0 Å². The van der Waals surface area contributed by atoms with Gasteiger partial charge in [0.2, 0.25) is 5.91 Å². The van der Waals surface area contributed by atoms with Gasteiger partial charge < -0.3 is 5.73 Å². The van der Waals surface area contributed by atoms with Crippen LogP contribution in [0, 0.1) is 24.5 Å². The number of pyridine rings is 1. The highest BCUT2D eigenvalue weighted by molar-refractivity contribution is 6.09. The van der Waals surface area contributed by atoms with Crippen molar-refractivity contribution in [1.82, 2.24) is 14.6 Å². The number of rotatable bonds is 4. The van der Waals surface area contributed by atoms with Crippen LogP contribution >= 0.6 is 0 Å². The number of primary amides is 1. The molecule has 0 aliphatic carbocycles. The molecule has 0 aliphatic heterocycles. The number of halogens is 2. The maximum Gasteiger partial charge on any atom is 0.241 e. The SMILES string of the molecule is C#C.C/C=C/C(N)=O.C=C(C)c1nnc2ccc(C(=O)c3ccc(F)cc3F)cn12.CC. The minimum absolute atomic E-state index is 0.189. The van der Waals surface area contributed by atoms with Gasteiger partial charge in [0.05, 0.1) is 5.56 Å². The number of hydrogen-bond acceptors (Lipinski definition) is 4. The van der Waals surface area contributed by atoms with Gasteiger partial charge >= 0.3 is 0 Å². The maximum atomic E-state index is 13.7. The zero-order valence-electron chi connectivity index (χ0n) is 18.5. The first kappa shape index (κ1) is 27.9. The highest BCUT2D eigenvalue weighted by Gasteiger charge is 2.16. The standard InChI is InChI=1S/C16H11F2N3O.C4H7NO.C2H6.C2H2/c1-9(2)16-20-19-14-6-3-10(8-21(14)16)15(22)12-5-4-11(17)7-13(12)18;1-2-3-4(5)6;2*1-2/h3-8H,1H2,2H3;2-3H,1H3,(H2,5,6);1-2H3;1-2H/b;3-2+;;. The van der Waals surface area contributed by atoms with E-state index in [1.807, 2.05) is 13.8 Å². The molecule has 0 fully saturated rings. The van der Waals surface area contributed by atoms with Crippen molar-refractivity contribution >= 4 is 22.9 Å². The number of carbonyl (C=O) groups excluding carboxylic acids is 2. The molecule has 0 aliphatic rings. The van der Waals surface area contributed by atoms with Crippen LogP contribution in [0.25, 0.3) is 11.2 Å². The van der Waals surface area contributed by atoms with Gasteiger partial charge in [-0.15, -0.1) is 23.0 Å². The van der Waals surface area contributed by atoms with Gasteiger partial charge in [0.1, 0.15) is 11.6 Å². The number of allylic oxidation sites excluding steroid dienone is 2. The summed E-state index contributed by atoms with van der Waals surface area (Å²) in [7, 11) is 0. The van der Waals surface area contributed by atoms with E-state index in [1.165, 1.54) is 18.3 Å². The van der Waals surface area contributed by atoms with Gasteiger partial charge in [-0.1, -0.05) is 26.5 Å². The second-order valence-electron chi connectivity index (χ2n) is 5.81. The molecule has 0 radical (unpaired) electrons. The van der Waals surface area contributed by atoms with Crippen LogP contribution in [0.5, 0.6) is 0 Å². The normalized spacial score (nSPS) is 9.50. The third kappa shape index (κ3) is 7.61. The molecule has 8 heteroatoms. The summed E-state index contributed by atoms with van der Waals surface area (Å²) in [6, 6.07) is 5.99. The Morgan fingerprint density at radius 3 is 2.22 bits per heavy atom. The number of aromatic nitrogens is 3. The summed E-state index contributed by atoms with van der Waals surface area (Å²) in [4.78, 5) is 22.1. The lowest BCUT2D eigenvalue weighted by Crippen LogP contribution is -2.06. The summed E-state index contributed by atoms with van der Waals surface area (Å²) in [5.41, 5.74) is 5.97. The third-order valence-electron chi connectivity index (χ3n) is 3.55. The van der Waals surface area contributed by atoms with Crippen LogP contribution in [-0.4, -0.2) is 26.3 Å². The van der Waals surface area contributed by atoms with E-state index in [0.717, 1.165) is 12.1 Å². The number of fused-ring (bicyclic) bond motifs is 1. The van der Waals surface area contributed by atoms with Crippen molar-refractivity contribution in [3.8, 4) is 12.8 Å². The highest BCUT2D eigenvalue weighted by atomic mass is 19.1. The van der Waals surface area contributed by atoms with E-state index in [2.05, 4.69) is 35.4 Å². The van der Waals surface area contributed by atoms with Gasteiger partial charge in [0.25, 0.3) is 0 Å². The average Bonchev–Trinajstić information content (AvgIpc) is 3.20. The molecule has 6 nitrogen and oxygen atoms in total. The summed E-state index contributed by atoms with van der Waals surface area (Å²) in [6.45, 7) is 11.3. The van der Waals surface area contributed by atoms with E-state index in [1.54, 1.807) is 30.4 Å². The molecule has 2 heterocycles. The smallest absolute Gasteiger partial charge is 0.241 e. The molecule has 168 valence electrons. The van der Waals surface area contributed by atoms with E-state index in [-0.39, 0.29) is 11.1 Å². The Hall–Kier alpha value is -4.12. The molecule has 3 aromatic rings. The van der Waals surface area contributed by atoms with Gasteiger partial charge in [0.15, 0.2) is 17.3 Å². The second kappa shape index (κ2) is 14.0. The lowest BCUT2D eigenvalue weighted by atomic mass is 10.0. The van der Waals surface area contributed by atoms with Gasteiger partial charge in [-0.25, -0.2) is 8.78 Å². The van der Waals surface area contributed by atoms with Gasteiger partial charge in [0, 0.05) is 17.8 Å². The molecular weight excluding hydrogens is 414 g/mol. The Bertz CT molecular complexity index is 1130. The van der Waals surface area contributed by atoms with E-state index < -0.39 is 23.3 Å². The molecule has 2 N–H and O–H groups in total. The fourth-order valence-electron chi connectivity index (χ4n) is 2.31. The summed E-state index contributed by atoms with van der Waals surface area (Å²) in [5, 5.41) is 7.94. The average molecular weight is 440 g/mol. The van der Waals surface area contributed by atoms with Crippen LogP contribution in [0.1, 0.15) is 49.4 Å². The van der Waals surface area contributed by atoms with Crippen LogP contribution < -0.4 is 5.73 Å². The summed E-state index contributed by atoms with van der Waals surface area (Å²) in [6.07, 6.45) is 12.4. The molecule has 0 atom stereocenters. The van der Waals surface area contributed by atoms with Crippen LogP contribution in [0.4, 0.5) is 8.78 Å². The number of amides is 1. The number of nitrogens with zero attached hydrogens (tertiary/aromatic N) is 3. The van der Waals surface area contributed by atoms with Crippen molar-refractivity contribution < 1.29 is 18.4 Å². The van der Waals surface area contributed by atoms with Gasteiger partial charge in [-0.05, 0) is 49.8 Å². The van der Waals surface area contributed by atoms with Crippen LogP contribution in [0.3, 0.4) is 0 Å². The molecule has 1 aromatic carbocycles.